The van der Waals surface area contributed by atoms with E-state index in [1.165, 1.54) is 14.2 Å². The highest BCUT2D eigenvalue weighted by atomic mass is 16.5. The number of carbonyl (C=O) groups excluding carboxylic acids is 1. The first-order chi connectivity index (χ1) is 7.71. The van der Waals surface area contributed by atoms with Gasteiger partial charge in [-0.3, -0.25) is 4.79 Å². The third-order valence-corrected chi connectivity index (χ3v) is 2.01. The topological polar surface area (TPSA) is 67.8 Å². The van der Waals surface area contributed by atoms with Crippen molar-refractivity contribution in [3.63, 3.8) is 0 Å². The molecule has 1 rings (SSSR count). The molecule has 16 heavy (non-hydrogen) atoms. The molecule has 1 amide bonds. The van der Waals surface area contributed by atoms with Gasteiger partial charge in [0.1, 0.15) is 11.5 Å². The van der Waals surface area contributed by atoms with Crippen LogP contribution in [0.3, 0.4) is 0 Å². The summed E-state index contributed by atoms with van der Waals surface area (Å²) in [5.41, 5.74) is 0.435. The molecule has 0 unspecified atom stereocenters. The van der Waals surface area contributed by atoms with Gasteiger partial charge in [0.2, 0.25) is 0 Å². The molecule has 0 bridgehead atoms. The van der Waals surface area contributed by atoms with Crippen molar-refractivity contribution in [3.05, 3.63) is 23.8 Å². The van der Waals surface area contributed by atoms with E-state index in [4.69, 9.17) is 14.6 Å². The van der Waals surface area contributed by atoms with E-state index in [1.807, 2.05) is 0 Å². The zero-order valence-corrected chi connectivity index (χ0v) is 9.32. The smallest absolute Gasteiger partial charge is 0.251 e. The Kier molecular flexibility index (Phi) is 4.60. The van der Waals surface area contributed by atoms with Crippen LogP contribution in [0.4, 0.5) is 0 Å². The number of carbonyl (C=O) groups is 1. The monoisotopic (exact) mass is 225 g/mol. The molecule has 0 spiro atoms. The highest BCUT2D eigenvalue weighted by molar-refractivity contribution is 5.95. The number of hydrogen-bond donors (Lipinski definition) is 2. The normalized spacial score (nSPS) is 9.69. The zero-order chi connectivity index (χ0) is 12.0. The van der Waals surface area contributed by atoms with E-state index in [0.717, 1.165) is 0 Å². The minimum absolute atomic E-state index is 0.0904. The maximum atomic E-state index is 11.6. The first kappa shape index (κ1) is 12.3. The van der Waals surface area contributed by atoms with Gasteiger partial charge in [0.25, 0.3) is 5.91 Å². The van der Waals surface area contributed by atoms with E-state index in [-0.39, 0.29) is 19.1 Å². The number of hydrogen-bond acceptors (Lipinski definition) is 4. The van der Waals surface area contributed by atoms with Gasteiger partial charge < -0.3 is 19.9 Å². The fraction of sp³-hybridized carbons (Fsp3) is 0.364. The van der Waals surface area contributed by atoms with Crippen molar-refractivity contribution in [1.82, 2.24) is 5.32 Å². The highest BCUT2D eigenvalue weighted by Crippen LogP contribution is 2.22. The molecule has 0 aliphatic carbocycles. The Labute approximate surface area is 94.0 Å². The van der Waals surface area contributed by atoms with Crippen LogP contribution in [0.25, 0.3) is 0 Å². The molecule has 0 radical (unpaired) electrons. The van der Waals surface area contributed by atoms with Crippen LogP contribution in [0, 0.1) is 0 Å². The third kappa shape index (κ3) is 3.13. The Hall–Kier alpha value is -1.75. The molecule has 0 heterocycles. The number of rotatable bonds is 5. The van der Waals surface area contributed by atoms with E-state index in [2.05, 4.69) is 5.32 Å². The molecular formula is C11H15NO4. The molecule has 1 aromatic rings. The van der Waals surface area contributed by atoms with Gasteiger partial charge in [-0.15, -0.1) is 0 Å². The molecule has 5 nitrogen and oxygen atoms in total. The molecule has 2 N–H and O–H groups in total. The van der Waals surface area contributed by atoms with Crippen LogP contribution in [-0.4, -0.2) is 38.4 Å². The van der Waals surface area contributed by atoms with Crippen LogP contribution < -0.4 is 14.8 Å². The third-order valence-electron chi connectivity index (χ3n) is 2.01. The van der Waals surface area contributed by atoms with Crippen molar-refractivity contribution in [2.24, 2.45) is 0 Å². The molecular weight excluding hydrogens is 210 g/mol. The Balaban J connectivity index is 2.89. The van der Waals surface area contributed by atoms with Gasteiger partial charge in [-0.2, -0.15) is 0 Å². The van der Waals surface area contributed by atoms with E-state index in [9.17, 15) is 4.79 Å². The van der Waals surface area contributed by atoms with Crippen LogP contribution >= 0.6 is 0 Å². The number of benzene rings is 1. The summed E-state index contributed by atoms with van der Waals surface area (Å²) in [6.07, 6.45) is 0. The Morgan fingerprint density at radius 1 is 1.25 bits per heavy atom. The number of ether oxygens (including phenoxy) is 2. The number of methoxy groups -OCH3 is 2. The molecule has 0 atom stereocenters. The molecule has 88 valence electrons. The lowest BCUT2D eigenvalue weighted by atomic mass is 10.2. The first-order valence-electron chi connectivity index (χ1n) is 4.83. The van der Waals surface area contributed by atoms with Gasteiger partial charge in [-0.1, -0.05) is 0 Å². The van der Waals surface area contributed by atoms with E-state index >= 15 is 0 Å². The number of nitrogens with one attached hydrogen (secondary N) is 1. The van der Waals surface area contributed by atoms with Crippen LogP contribution in [-0.2, 0) is 0 Å². The average Bonchev–Trinajstić information content (AvgIpc) is 2.35. The number of aliphatic hydroxyl groups is 1. The van der Waals surface area contributed by atoms with Gasteiger partial charge >= 0.3 is 0 Å². The molecule has 1 aromatic carbocycles. The summed E-state index contributed by atoms with van der Waals surface area (Å²) in [4.78, 5) is 11.6. The van der Waals surface area contributed by atoms with Crippen LogP contribution in [0.5, 0.6) is 11.5 Å². The Morgan fingerprint density at radius 2 is 1.81 bits per heavy atom. The fourth-order valence-electron chi connectivity index (χ4n) is 1.21. The van der Waals surface area contributed by atoms with Crippen LogP contribution in [0.2, 0.25) is 0 Å². The van der Waals surface area contributed by atoms with Gasteiger partial charge in [0.05, 0.1) is 20.8 Å². The zero-order valence-electron chi connectivity index (χ0n) is 9.32. The van der Waals surface area contributed by atoms with E-state index in [0.29, 0.717) is 17.1 Å². The molecule has 5 heteroatoms. The predicted octanol–water partition coefficient (Wildman–Crippen LogP) is 0.426. The van der Waals surface area contributed by atoms with Gasteiger partial charge in [0.15, 0.2) is 0 Å². The molecule has 0 saturated heterocycles. The van der Waals surface area contributed by atoms with E-state index in [1.54, 1.807) is 18.2 Å². The van der Waals surface area contributed by atoms with Crippen molar-refractivity contribution >= 4 is 5.91 Å². The van der Waals surface area contributed by atoms with Crippen molar-refractivity contribution in [3.8, 4) is 11.5 Å². The largest absolute Gasteiger partial charge is 0.497 e. The molecule has 0 aliphatic rings. The maximum Gasteiger partial charge on any atom is 0.251 e. The lowest BCUT2D eigenvalue weighted by molar-refractivity contribution is 0.0944. The predicted molar refractivity (Wildman–Crippen MR) is 59.0 cm³/mol. The molecule has 0 fully saturated rings. The Morgan fingerprint density at radius 3 is 2.25 bits per heavy atom. The average molecular weight is 225 g/mol. The van der Waals surface area contributed by atoms with E-state index < -0.39 is 0 Å². The summed E-state index contributed by atoms with van der Waals surface area (Å²) < 4.78 is 10.1. The second-order valence-electron chi connectivity index (χ2n) is 3.08. The van der Waals surface area contributed by atoms with Gasteiger partial charge in [-0.05, 0) is 12.1 Å². The van der Waals surface area contributed by atoms with Crippen LogP contribution in [0.15, 0.2) is 18.2 Å². The number of aliphatic hydroxyl groups excluding tert-OH is 1. The summed E-state index contributed by atoms with van der Waals surface area (Å²) in [6.45, 7) is 0.130. The van der Waals surface area contributed by atoms with Gasteiger partial charge in [0, 0.05) is 18.2 Å². The minimum atomic E-state index is -0.272. The van der Waals surface area contributed by atoms with Crippen LogP contribution in [0.1, 0.15) is 10.4 Å². The second-order valence-corrected chi connectivity index (χ2v) is 3.08. The minimum Gasteiger partial charge on any atom is -0.497 e. The standard InChI is InChI=1S/C11H15NO4/c1-15-9-5-8(6-10(7-9)16-2)11(14)12-3-4-13/h5-7,13H,3-4H2,1-2H3,(H,12,14). The maximum absolute atomic E-state index is 11.6. The lowest BCUT2D eigenvalue weighted by Crippen LogP contribution is -2.26. The summed E-state index contributed by atoms with van der Waals surface area (Å²) in [7, 11) is 3.04. The van der Waals surface area contributed by atoms with Gasteiger partial charge in [-0.25, -0.2) is 0 Å². The number of amides is 1. The first-order valence-corrected chi connectivity index (χ1v) is 4.83. The summed E-state index contributed by atoms with van der Waals surface area (Å²) in [6, 6.07) is 4.90. The van der Waals surface area contributed by atoms with Crippen molar-refractivity contribution in [1.29, 1.82) is 0 Å². The Bertz CT molecular complexity index is 343. The summed E-state index contributed by atoms with van der Waals surface area (Å²) >= 11 is 0. The van der Waals surface area contributed by atoms with Crippen molar-refractivity contribution < 1.29 is 19.4 Å². The lowest BCUT2D eigenvalue weighted by Gasteiger charge is -2.08. The fourth-order valence-corrected chi connectivity index (χ4v) is 1.21. The highest BCUT2D eigenvalue weighted by Gasteiger charge is 2.08. The molecule has 0 aromatic heterocycles. The van der Waals surface area contributed by atoms with Crippen molar-refractivity contribution in [2.45, 2.75) is 0 Å². The molecule has 0 aliphatic heterocycles. The summed E-state index contributed by atoms with van der Waals surface area (Å²) in [5.74, 6) is 0.827. The quantitative estimate of drug-likeness (QED) is 0.762. The second kappa shape index (κ2) is 5.97. The summed E-state index contributed by atoms with van der Waals surface area (Å²) in [5, 5.41) is 11.2. The SMILES string of the molecule is COc1cc(OC)cc(C(=O)NCCO)c1. The van der Waals surface area contributed by atoms with Crippen molar-refractivity contribution in [2.75, 3.05) is 27.4 Å². The molecule has 0 saturated carbocycles.